The molecule has 0 saturated heterocycles. The van der Waals surface area contributed by atoms with Gasteiger partial charge in [-0.25, -0.2) is 0 Å². The van der Waals surface area contributed by atoms with E-state index in [4.69, 9.17) is 0 Å². The molecule has 0 bridgehead atoms. The normalized spacial score (nSPS) is 12.9. The number of para-hydroxylation sites is 1. The summed E-state index contributed by atoms with van der Waals surface area (Å²) in [6, 6.07) is 29.9. The molecule has 0 aliphatic heterocycles. The molecule has 0 radical (unpaired) electrons. The first-order valence-electron chi connectivity index (χ1n) is 8.99. The summed E-state index contributed by atoms with van der Waals surface area (Å²) in [5, 5.41) is 6.38. The number of amides is 1. The van der Waals surface area contributed by atoms with Crippen molar-refractivity contribution in [1.29, 1.82) is 0 Å². The highest BCUT2D eigenvalue weighted by Crippen LogP contribution is 2.27. The zero-order chi connectivity index (χ0) is 18.9. The van der Waals surface area contributed by atoms with Crippen LogP contribution in [-0.4, -0.2) is 17.4 Å². The van der Waals surface area contributed by atoms with Gasteiger partial charge in [-0.15, -0.1) is 0 Å². The fourth-order valence-corrected chi connectivity index (χ4v) is 3.81. The Morgan fingerprint density at radius 2 is 1.41 bits per heavy atom. The standard InChI is InChI=1S/C23H24N2OS/c1-27-22(23(26)25-20-15-9-4-10-16-20)21(19-13-7-3-8-14-19)24-17-18-11-5-2-6-12-18/h2-16,21-22,24H,17H2,1H3,(H,25,26). The molecule has 3 rings (SSSR count). The molecule has 3 nitrogen and oxygen atoms in total. The fraction of sp³-hybridized carbons (Fsp3) is 0.174. The first-order valence-corrected chi connectivity index (χ1v) is 10.3. The van der Waals surface area contributed by atoms with Crippen LogP contribution in [0.3, 0.4) is 0 Å². The van der Waals surface area contributed by atoms with Crippen molar-refractivity contribution in [3.05, 3.63) is 102 Å². The van der Waals surface area contributed by atoms with E-state index in [1.807, 2.05) is 73.0 Å². The average molecular weight is 377 g/mol. The minimum Gasteiger partial charge on any atom is -0.325 e. The van der Waals surface area contributed by atoms with Crippen LogP contribution in [0.25, 0.3) is 0 Å². The van der Waals surface area contributed by atoms with E-state index in [1.165, 1.54) is 5.56 Å². The highest BCUT2D eigenvalue weighted by molar-refractivity contribution is 8.00. The van der Waals surface area contributed by atoms with Gasteiger partial charge in [0.15, 0.2) is 0 Å². The van der Waals surface area contributed by atoms with Crippen molar-refractivity contribution in [1.82, 2.24) is 5.32 Å². The van der Waals surface area contributed by atoms with Gasteiger partial charge >= 0.3 is 0 Å². The molecule has 0 saturated carbocycles. The van der Waals surface area contributed by atoms with E-state index in [-0.39, 0.29) is 17.2 Å². The number of rotatable bonds is 8. The third-order valence-electron chi connectivity index (χ3n) is 4.38. The number of nitrogens with one attached hydrogen (secondary N) is 2. The summed E-state index contributed by atoms with van der Waals surface area (Å²) in [5.74, 6) is 0.00288. The molecule has 27 heavy (non-hydrogen) atoms. The first kappa shape index (κ1) is 19.2. The van der Waals surface area contributed by atoms with Gasteiger partial charge in [0, 0.05) is 12.2 Å². The molecule has 0 heterocycles. The number of carbonyl (C=O) groups is 1. The van der Waals surface area contributed by atoms with E-state index in [2.05, 4.69) is 34.9 Å². The lowest BCUT2D eigenvalue weighted by atomic mass is 10.0. The predicted molar refractivity (Wildman–Crippen MR) is 115 cm³/mol. The second kappa shape index (κ2) is 9.95. The van der Waals surface area contributed by atoms with Crippen LogP contribution >= 0.6 is 11.8 Å². The van der Waals surface area contributed by atoms with Crippen molar-refractivity contribution < 1.29 is 4.79 Å². The first-order chi connectivity index (χ1) is 13.3. The third kappa shape index (κ3) is 5.46. The number of thioether (sulfide) groups is 1. The Morgan fingerprint density at radius 1 is 0.852 bits per heavy atom. The zero-order valence-corrected chi connectivity index (χ0v) is 16.2. The summed E-state index contributed by atoms with van der Waals surface area (Å²) >= 11 is 1.56. The quantitative estimate of drug-likeness (QED) is 0.588. The Bertz CT molecular complexity index is 825. The maximum atomic E-state index is 13.0. The number of anilines is 1. The van der Waals surface area contributed by atoms with Crippen molar-refractivity contribution in [2.75, 3.05) is 11.6 Å². The Hall–Kier alpha value is -2.56. The van der Waals surface area contributed by atoms with Crippen molar-refractivity contribution in [3.8, 4) is 0 Å². The van der Waals surface area contributed by atoms with Crippen LogP contribution in [-0.2, 0) is 11.3 Å². The molecule has 0 aromatic heterocycles. The second-order valence-corrected chi connectivity index (χ2v) is 7.25. The van der Waals surface area contributed by atoms with E-state index >= 15 is 0 Å². The van der Waals surface area contributed by atoms with Gasteiger partial charge in [0.2, 0.25) is 5.91 Å². The van der Waals surface area contributed by atoms with E-state index in [0.717, 1.165) is 11.3 Å². The third-order valence-corrected chi connectivity index (χ3v) is 5.38. The van der Waals surface area contributed by atoms with Crippen LogP contribution in [0.1, 0.15) is 17.2 Å². The molecule has 4 heteroatoms. The monoisotopic (exact) mass is 376 g/mol. The van der Waals surface area contributed by atoms with Crippen LogP contribution in [0, 0.1) is 0 Å². The van der Waals surface area contributed by atoms with Gasteiger partial charge in [-0.05, 0) is 29.5 Å². The fourth-order valence-electron chi connectivity index (χ4n) is 3.01. The minimum absolute atomic E-state index is 0.00288. The zero-order valence-electron chi connectivity index (χ0n) is 15.3. The lowest BCUT2D eigenvalue weighted by Gasteiger charge is -2.27. The van der Waals surface area contributed by atoms with E-state index in [1.54, 1.807) is 11.8 Å². The molecule has 2 unspecified atom stereocenters. The largest absolute Gasteiger partial charge is 0.325 e. The smallest absolute Gasteiger partial charge is 0.239 e. The summed E-state index contributed by atoms with van der Waals surface area (Å²) in [4.78, 5) is 13.0. The Balaban J connectivity index is 1.79. The second-order valence-electron chi connectivity index (χ2n) is 6.27. The number of hydrogen-bond acceptors (Lipinski definition) is 3. The molecule has 0 aliphatic rings. The lowest BCUT2D eigenvalue weighted by Crippen LogP contribution is -2.38. The summed E-state index contributed by atoms with van der Waals surface area (Å²) in [6.07, 6.45) is 1.98. The SMILES string of the molecule is CSC(C(=O)Nc1ccccc1)C(NCc1ccccc1)c1ccccc1. The summed E-state index contributed by atoms with van der Waals surface area (Å²) in [7, 11) is 0. The van der Waals surface area contributed by atoms with Gasteiger partial charge in [-0.1, -0.05) is 78.9 Å². The topological polar surface area (TPSA) is 41.1 Å². The molecule has 0 aliphatic carbocycles. The number of hydrogen-bond donors (Lipinski definition) is 2. The van der Waals surface area contributed by atoms with Crippen molar-refractivity contribution in [2.45, 2.75) is 17.8 Å². The number of benzene rings is 3. The maximum Gasteiger partial charge on any atom is 0.239 e. The van der Waals surface area contributed by atoms with Crippen molar-refractivity contribution >= 4 is 23.4 Å². The molecule has 138 valence electrons. The maximum absolute atomic E-state index is 13.0. The Kier molecular flexibility index (Phi) is 7.08. The average Bonchev–Trinajstić information content (AvgIpc) is 2.73. The molecule has 3 aromatic rings. The summed E-state index contributed by atoms with van der Waals surface area (Å²) in [6.45, 7) is 0.704. The molecule has 2 N–H and O–H groups in total. The van der Waals surface area contributed by atoms with Crippen molar-refractivity contribution in [3.63, 3.8) is 0 Å². The van der Waals surface area contributed by atoms with E-state index < -0.39 is 0 Å². The van der Waals surface area contributed by atoms with Crippen LogP contribution in [0.2, 0.25) is 0 Å². The molecular weight excluding hydrogens is 352 g/mol. The van der Waals surface area contributed by atoms with Crippen molar-refractivity contribution in [2.24, 2.45) is 0 Å². The molecule has 0 spiro atoms. The lowest BCUT2D eigenvalue weighted by molar-refractivity contribution is -0.116. The minimum atomic E-state index is -0.253. The van der Waals surface area contributed by atoms with Gasteiger partial charge in [-0.2, -0.15) is 11.8 Å². The Labute approximate surface area is 165 Å². The van der Waals surface area contributed by atoms with Gasteiger partial charge in [-0.3, -0.25) is 4.79 Å². The molecule has 2 atom stereocenters. The molecule has 1 amide bonds. The van der Waals surface area contributed by atoms with Gasteiger partial charge < -0.3 is 10.6 Å². The Morgan fingerprint density at radius 3 is 2.00 bits per heavy atom. The van der Waals surface area contributed by atoms with Gasteiger partial charge in [0.05, 0.1) is 6.04 Å². The molecule has 0 fully saturated rings. The van der Waals surface area contributed by atoms with Crippen LogP contribution in [0.5, 0.6) is 0 Å². The van der Waals surface area contributed by atoms with Crippen LogP contribution in [0.15, 0.2) is 91.0 Å². The van der Waals surface area contributed by atoms with Crippen LogP contribution < -0.4 is 10.6 Å². The summed E-state index contributed by atoms with van der Waals surface area (Å²) in [5.41, 5.74) is 3.12. The molecule has 3 aromatic carbocycles. The van der Waals surface area contributed by atoms with E-state index in [0.29, 0.717) is 6.54 Å². The van der Waals surface area contributed by atoms with Gasteiger partial charge in [0.25, 0.3) is 0 Å². The number of carbonyl (C=O) groups excluding carboxylic acids is 1. The predicted octanol–water partition coefficient (Wildman–Crippen LogP) is 4.89. The van der Waals surface area contributed by atoms with E-state index in [9.17, 15) is 4.79 Å². The summed E-state index contributed by atoms with van der Waals surface area (Å²) < 4.78 is 0. The highest BCUT2D eigenvalue weighted by atomic mass is 32.2. The van der Waals surface area contributed by atoms with Gasteiger partial charge in [0.1, 0.15) is 5.25 Å². The van der Waals surface area contributed by atoms with Crippen LogP contribution in [0.4, 0.5) is 5.69 Å². The molecular formula is C23H24N2OS. The highest BCUT2D eigenvalue weighted by Gasteiger charge is 2.28.